The summed E-state index contributed by atoms with van der Waals surface area (Å²) in [6.07, 6.45) is 0.439. The van der Waals surface area contributed by atoms with Gasteiger partial charge in [-0.2, -0.15) is 0 Å². The van der Waals surface area contributed by atoms with E-state index >= 15 is 0 Å². The lowest BCUT2D eigenvalue weighted by Crippen LogP contribution is -2.50. The first-order chi connectivity index (χ1) is 20.7. The van der Waals surface area contributed by atoms with Gasteiger partial charge in [-0.1, -0.05) is 11.2 Å². The summed E-state index contributed by atoms with van der Waals surface area (Å²) in [5.41, 5.74) is 1.53. The number of aliphatic hydroxyl groups excluding tert-OH is 1. The molecule has 0 unspecified atom stereocenters. The van der Waals surface area contributed by atoms with Crippen molar-refractivity contribution in [3.63, 3.8) is 0 Å². The predicted molar refractivity (Wildman–Crippen MR) is 150 cm³/mol. The van der Waals surface area contributed by atoms with Gasteiger partial charge in [0.25, 0.3) is 5.91 Å². The molecule has 3 aromatic rings. The minimum absolute atomic E-state index is 0.150. The molecule has 0 radical (unpaired) electrons. The fraction of sp³-hybridized carbons (Fsp3) is 0.452. The fourth-order valence-electron chi connectivity index (χ4n) is 6.10. The van der Waals surface area contributed by atoms with Crippen LogP contribution in [0.5, 0.6) is 5.75 Å². The summed E-state index contributed by atoms with van der Waals surface area (Å²) in [4.78, 5) is 28.9. The van der Waals surface area contributed by atoms with Crippen LogP contribution in [0.25, 0.3) is 11.1 Å². The molecule has 228 valence electrons. The van der Waals surface area contributed by atoms with Gasteiger partial charge in [-0.05, 0) is 56.0 Å². The van der Waals surface area contributed by atoms with Crippen molar-refractivity contribution in [2.24, 2.45) is 0 Å². The van der Waals surface area contributed by atoms with Gasteiger partial charge >= 0.3 is 0 Å². The molecule has 2 amide bonds. The van der Waals surface area contributed by atoms with Gasteiger partial charge in [-0.15, -0.1) is 0 Å². The summed E-state index contributed by atoms with van der Waals surface area (Å²) in [6, 6.07) is 8.93. The number of aryl methyl sites for hydroxylation is 1. The third kappa shape index (κ3) is 6.56. The van der Waals surface area contributed by atoms with Crippen molar-refractivity contribution < 1.29 is 37.5 Å². The van der Waals surface area contributed by atoms with E-state index in [-0.39, 0.29) is 48.1 Å². The highest BCUT2D eigenvalue weighted by atomic mass is 19.1. The van der Waals surface area contributed by atoms with Crippen LogP contribution in [0.4, 0.5) is 8.78 Å². The van der Waals surface area contributed by atoms with Crippen molar-refractivity contribution in [3.05, 3.63) is 71.1 Å². The van der Waals surface area contributed by atoms with Gasteiger partial charge in [0.2, 0.25) is 5.91 Å². The number of hydrogen-bond donors (Lipinski definition) is 3. The van der Waals surface area contributed by atoms with Crippen LogP contribution in [0.1, 0.15) is 47.5 Å². The number of halogens is 2. The summed E-state index contributed by atoms with van der Waals surface area (Å²) in [5.74, 6) is -1.13. The molecule has 4 heterocycles. The molecule has 0 saturated carbocycles. The van der Waals surface area contributed by atoms with E-state index in [2.05, 4.69) is 15.8 Å². The van der Waals surface area contributed by atoms with Gasteiger partial charge in [0.05, 0.1) is 36.1 Å². The fourth-order valence-corrected chi connectivity index (χ4v) is 6.10. The Morgan fingerprint density at radius 3 is 2.70 bits per heavy atom. The lowest BCUT2D eigenvalue weighted by molar-refractivity contribution is -0.133. The standard InChI is InChI=1S/C31H34F2N4O6/c1-17-10-21(36-43-17)16-37-15-20-13-26(37)31(40)34-14-29-27(38)7-4-22(42-29)8-9-41-28-11-18(2-5-24(28)30(39)35-20)23-6-3-19(32)12-25(23)33/h2-3,5-6,10-12,20,22,26-27,29,38H,4,7-9,13-16H2,1H3,(H,34,40)(H,35,39)/t20-,22-,26-,27-,29+/m0/s1. The number of nitrogens with zero attached hydrogens (tertiary/aromatic N) is 2. The number of aliphatic hydroxyl groups is 1. The number of nitrogens with one attached hydrogen (secondary N) is 2. The number of hydrogen-bond acceptors (Lipinski definition) is 8. The van der Waals surface area contributed by atoms with E-state index in [0.29, 0.717) is 55.8 Å². The minimum atomic E-state index is -0.726. The van der Waals surface area contributed by atoms with Crippen LogP contribution in [0.2, 0.25) is 0 Å². The predicted octanol–water partition coefficient (Wildman–Crippen LogP) is 3.11. The molecule has 6 rings (SSSR count). The summed E-state index contributed by atoms with van der Waals surface area (Å²) in [5, 5.41) is 20.6. The minimum Gasteiger partial charge on any atom is -0.493 e. The molecule has 2 aromatic carbocycles. The molecular weight excluding hydrogens is 562 g/mol. The van der Waals surface area contributed by atoms with E-state index in [4.69, 9.17) is 14.0 Å². The molecule has 10 nitrogen and oxygen atoms in total. The second kappa shape index (κ2) is 12.4. The normalized spacial score (nSPS) is 26.7. The third-order valence-electron chi connectivity index (χ3n) is 8.31. The van der Waals surface area contributed by atoms with Gasteiger partial charge < -0.3 is 29.7 Å². The van der Waals surface area contributed by atoms with Crippen molar-refractivity contribution >= 4 is 11.8 Å². The maximum absolute atomic E-state index is 14.6. The lowest BCUT2D eigenvalue weighted by Gasteiger charge is -2.34. The van der Waals surface area contributed by atoms with Crippen LogP contribution in [0.3, 0.4) is 0 Å². The van der Waals surface area contributed by atoms with Crippen molar-refractivity contribution in [1.29, 1.82) is 0 Å². The Labute approximate surface area is 247 Å². The summed E-state index contributed by atoms with van der Waals surface area (Å²) in [7, 11) is 0. The van der Waals surface area contributed by atoms with Gasteiger partial charge in [0.15, 0.2) is 0 Å². The number of aromatic nitrogens is 1. The van der Waals surface area contributed by atoms with E-state index in [1.54, 1.807) is 31.2 Å². The Balaban J connectivity index is 1.30. The van der Waals surface area contributed by atoms with Crippen molar-refractivity contribution in [3.8, 4) is 16.9 Å². The first-order valence-electron chi connectivity index (χ1n) is 14.5. The van der Waals surface area contributed by atoms with Crippen molar-refractivity contribution in [2.75, 3.05) is 19.7 Å². The van der Waals surface area contributed by atoms with Gasteiger partial charge in [-0.3, -0.25) is 14.5 Å². The monoisotopic (exact) mass is 596 g/mol. The molecular formula is C31H34F2N4O6. The number of ether oxygens (including phenoxy) is 2. The Kier molecular flexibility index (Phi) is 8.42. The van der Waals surface area contributed by atoms with E-state index < -0.39 is 35.8 Å². The molecule has 3 aliphatic heterocycles. The molecule has 3 N–H and O–H groups in total. The van der Waals surface area contributed by atoms with E-state index in [9.17, 15) is 23.5 Å². The molecule has 2 saturated heterocycles. The maximum atomic E-state index is 14.6. The number of carbonyl (C=O) groups is 2. The zero-order chi connectivity index (χ0) is 30.1. The lowest BCUT2D eigenvalue weighted by atomic mass is 9.99. The number of rotatable bonds is 3. The first kappa shape index (κ1) is 29.2. The van der Waals surface area contributed by atoms with Crippen LogP contribution in [0, 0.1) is 18.6 Å². The summed E-state index contributed by atoms with van der Waals surface area (Å²) in [6.45, 7) is 2.87. The highest BCUT2D eigenvalue weighted by Crippen LogP contribution is 2.31. The second-order valence-corrected chi connectivity index (χ2v) is 11.4. The van der Waals surface area contributed by atoms with Crippen molar-refractivity contribution in [2.45, 2.75) is 69.5 Å². The number of amides is 2. The molecule has 3 aliphatic rings. The van der Waals surface area contributed by atoms with E-state index in [0.717, 1.165) is 6.07 Å². The van der Waals surface area contributed by atoms with Gasteiger partial charge in [0.1, 0.15) is 29.2 Å². The van der Waals surface area contributed by atoms with E-state index in [1.807, 2.05) is 4.90 Å². The van der Waals surface area contributed by atoms with Crippen LogP contribution < -0.4 is 15.4 Å². The average Bonchev–Trinajstić information content (AvgIpc) is 3.57. The second-order valence-electron chi connectivity index (χ2n) is 11.4. The zero-order valence-corrected chi connectivity index (χ0v) is 23.7. The topological polar surface area (TPSA) is 126 Å². The highest BCUT2D eigenvalue weighted by Gasteiger charge is 2.39. The number of carbonyl (C=O) groups excluding carboxylic acids is 2. The molecule has 0 aliphatic carbocycles. The Bertz CT molecular complexity index is 1500. The number of likely N-dealkylation sites (tertiary alicyclic amines) is 1. The molecule has 1 aromatic heterocycles. The molecule has 5 atom stereocenters. The Hall–Kier alpha value is -3.87. The van der Waals surface area contributed by atoms with Crippen LogP contribution in [-0.4, -0.2) is 77.1 Å². The average molecular weight is 597 g/mol. The third-order valence-corrected chi connectivity index (χ3v) is 8.31. The maximum Gasteiger partial charge on any atom is 0.255 e. The quantitative estimate of drug-likeness (QED) is 0.421. The summed E-state index contributed by atoms with van der Waals surface area (Å²) < 4.78 is 45.6. The number of fused-ring (bicyclic) bond motifs is 5. The van der Waals surface area contributed by atoms with E-state index in [1.165, 1.54) is 12.1 Å². The summed E-state index contributed by atoms with van der Waals surface area (Å²) >= 11 is 0. The Morgan fingerprint density at radius 1 is 1.07 bits per heavy atom. The zero-order valence-electron chi connectivity index (χ0n) is 23.7. The molecule has 2 fully saturated rings. The molecule has 43 heavy (non-hydrogen) atoms. The van der Waals surface area contributed by atoms with Gasteiger partial charge in [0, 0.05) is 49.8 Å². The number of benzene rings is 2. The van der Waals surface area contributed by atoms with Crippen LogP contribution in [0.15, 0.2) is 47.0 Å². The molecule has 12 heteroatoms. The van der Waals surface area contributed by atoms with Gasteiger partial charge in [-0.25, -0.2) is 8.78 Å². The van der Waals surface area contributed by atoms with Crippen LogP contribution in [-0.2, 0) is 16.1 Å². The first-order valence-corrected chi connectivity index (χ1v) is 14.5. The SMILES string of the molecule is Cc1cc(CN2C[C@@H]3C[C@H]2C(=O)NC[C@H]2O[C@H](CCOc4cc(-c5ccc(F)cc5F)ccc4C(=O)N3)CC[C@@H]2O)no1. The Morgan fingerprint density at radius 2 is 1.91 bits per heavy atom. The largest absolute Gasteiger partial charge is 0.493 e. The highest BCUT2D eigenvalue weighted by molar-refractivity contribution is 5.98. The smallest absolute Gasteiger partial charge is 0.255 e. The molecule has 0 spiro atoms. The molecule has 4 bridgehead atoms. The van der Waals surface area contributed by atoms with Crippen LogP contribution >= 0.6 is 0 Å². The van der Waals surface area contributed by atoms with Crippen molar-refractivity contribution in [1.82, 2.24) is 20.7 Å².